The average molecular weight is 366 g/mol. The molecule has 1 aliphatic heterocycles. The second kappa shape index (κ2) is 8.40. The molecule has 2 aromatic rings. The maximum atomic E-state index is 12.7. The maximum Gasteiger partial charge on any atom is 0.255 e. The summed E-state index contributed by atoms with van der Waals surface area (Å²) in [7, 11) is 1.52. The normalized spacial score (nSPS) is 13.4. The molecule has 140 valence electrons. The Morgan fingerprint density at radius 2 is 2.07 bits per heavy atom. The third-order valence-corrected chi connectivity index (χ3v) is 4.30. The molecule has 27 heavy (non-hydrogen) atoms. The van der Waals surface area contributed by atoms with E-state index in [9.17, 15) is 9.59 Å². The van der Waals surface area contributed by atoms with Crippen LogP contribution in [0, 0.1) is 0 Å². The molecule has 0 atom stereocenters. The number of nitrogens with one attached hydrogen (secondary N) is 1. The van der Waals surface area contributed by atoms with Gasteiger partial charge in [-0.2, -0.15) is 0 Å². The Balaban J connectivity index is 1.82. The van der Waals surface area contributed by atoms with E-state index in [-0.39, 0.29) is 11.8 Å². The highest BCUT2D eigenvalue weighted by Gasteiger charge is 2.24. The fraction of sp³-hybridized carbons (Fsp3) is 0.238. The molecule has 0 radical (unpaired) electrons. The van der Waals surface area contributed by atoms with E-state index in [4.69, 9.17) is 9.47 Å². The van der Waals surface area contributed by atoms with Crippen molar-refractivity contribution in [1.29, 1.82) is 0 Å². The van der Waals surface area contributed by atoms with Gasteiger partial charge in [0.05, 0.1) is 18.5 Å². The number of nitrogens with zero attached hydrogens (tertiary/aromatic N) is 1. The van der Waals surface area contributed by atoms with E-state index in [0.717, 1.165) is 6.42 Å². The first-order valence-corrected chi connectivity index (χ1v) is 8.76. The van der Waals surface area contributed by atoms with Crippen LogP contribution in [0.15, 0.2) is 55.1 Å². The highest BCUT2D eigenvalue weighted by atomic mass is 16.5. The number of rotatable bonds is 7. The number of hydrogen-bond acceptors (Lipinski definition) is 4. The lowest BCUT2D eigenvalue weighted by atomic mass is 10.1. The van der Waals surface area contributed by atoms with Crippen LogP contribution in [0.5, 0.6) is 11.5 Å². The molecule has 1 fully saturated rings. The van der Waals surface area contributed by atoms with Crippen molar-refractivity contribution in [3.63, 3.8) is 0 Å². The average Bonchev–Trinajstić information content (AvgIpc) is 3.12. The van der Waals surface area contributed by atoms with Crippen molar-refractivity contribution >= 4 is 23.2 Å². The zero-order chi connectivity index (χ0) is 19.2. The highest BCUT2D eigenvalue weighted by Crippen LogP contribution is 2.31. The number of methoxy groups -OCH3 is 1. The van der Waals surface area contributed by atoms with Crippen molar-refractivity contribution in [3.05, 3.63) is 60.7 Å². The highest BCUT2D eigenvalue weighted by molar-refractivity contribution is 6.08. The lowest BCUT2D eigenvalue weighted by Gasteiger charge is -2.20. The van der Waals surface area contributed by atoms with Gasteiger partial charge in [-0.1, -0.05) is 24.8 Å². The van der Waals surface area contributed by atoms with Crippen LogP contribution in [0.2, 0.25) is 0 Å². The fourth-order valence-electron chi connectivity index (χ4n) is 2.99. The second-order valence-electron chi connectivity index (χ2n) is 6.09. The third-order valence-electron chi connectivity index (χ3n) is 4.30. The quantitative estimate of drug-likeness (QED) is 0.760. The summed E-state index contributed by atoms with van der Waals surface area (Å²) in [4.78, 5) is 26.5. The summed E-state index contributed by atoms with van der Waals surface area (Å²) in [6.07, 6.45) is 2.99. The van der Waals surface area contributed by atoms with Gasteiger partial charge in [0.15, 0.2) is 11.5 Å². The summed E-state index contributed by atoms with van der Waals surface area (Å²) < 4.78 is 10.8. The molecular weight excluding hydrogens is 344 g/mol. The molecule has 0 aliphatic carbocycles. The first-order valence-electron chi connectivity index (χ1n) is 8.76. The molecule has 6 heteroatoms. The molecule has 0 bridgehead atoms. The van der Waals surface area contributed by atoms with Crippen molar-refractivity contribution in [3.8, 4) is 11.5 Å². The SMILES string of the molecule is C=CCOc1ccc(C(=O)Nc2ccccc2N2CCCC2=O)cc1OC. The Bertz CT molecular complexity index is 863. The molecule has 1 heterocycles. The zero-order valence-electron chi connectivity index (χ0n) is 15.2. The molecule has 0 saturated carbocycles. The van der Waals surface area contributed by atoms with Crippen molar-refractivity contribution in [2.45, 2.75) is 12.8 Å². The smallest absolute Gasteiger partial charge is 0.255 e. The molecule has 1 N–H and O–H groups in total. The lowest BCUT2D eigenvalue weighted by Crippen LogP contribution is -2.25. The van der Waals surface area contributed by atoms with Gasteiger partial charge < -0.3 is 19.7 Å². The van der Waals surface area contributed by atoms with Gasteiger partial charge >= 0.3 is 0 Å². The Morgan fingerprint density at radius 3 is 2.78 bits per heavy atom. The molecule has 6 nitrogen and oxygen atoms in total. The lowest BCUT2D eigenvalue weighted by molar-refractivity contribution is -0.117. The number of anilines is 2. The summed E-state index contributed by atoms with van der Waals surface area (Å²) in [5, 5.41) is 2.89. The van der Waals surface area contributed by atoms with Crippen LogP contribution in [-0.4, -0.2) is 32.1 Å². The van der Waals surface area contributed by atoms with Crippen LogP contribution in [-0.2, 0) is 4.79 Å². The second-order valence-corrected chi connectivity index (χ2v) is 6.09. The van der Waals surface area contributed by atoms with Gasteiger partial charge in [0.1, 0.15) is 6.61 Å². The van der Waals surface area contributed by atoms with E-state index in [1.165, 1.54) is 7.11 Å². The third kappa shape index (κ3) is 4.11. The summed E-state index contributed by atoms with van der Waals surface area (Å²) in [5.74, 6) is 0.786. The van der Waals surface area contributed by atoms with Gasteiger partial charge in [0.25, 0.3) is 5.91 Å². The van der Waals surface area contributed by atoms with Crippen molar-refractivity contribution < 1.29 is 19.1 Å². The predicted octanol–water partition coefficient (Wildman–Crippen LogP) is 3.64. The summed E-state index contributed by atoms with van der Waals surface area (Å²) in [5.41, 5.74) is 1.75. The van der Waals surface area contributed by atoms with E-state index in [1.807, 2.05) is 18.2 Å². The van der Waals surface area contributed by atoms with Gasteiger partial charge in [-0.05, 0) is 36.8 Å². The summed E-state index contributed by atoms with van der Waals surface area (Å²) in [6, 6.07) is 12.3. The van der Waals surface area contributed by atoms with Crippen molar-refractivity contribution in [1.82, 2.24) is 0 Å². The van der Waals surface area contributed by atoms with Gasteiger partial charge in [0.2, 0.25) is 5.91 Å². The number of hydrogen-bond donors (Lipinski definition) is 1. The van der Waals surface area contributed by atoms with Crippen LogP contribution in [0.4, 0.5) is 11.4 Å². The van der Waals surface area contributed by atoms with Crippen LogP contribution in [0.1, 0.15) is 23.2 Å². The minimum atomic E-state index is -0.289. The largest absolute Gasteiger partial charge is 0.493 e. The number of amides is 2. The van der Waals surface area contributed by atoms with E-state index in [0.29, 0.717) is 48.0 Å². The molecule has 2 aromatic carbocycles. The van der Waals surface area contributed by atoms with Gasteiger partial charge in [0, 0.05) is 18.5 Å². The first-order chi connectivity index (χ1) is 13.1. The maximum absolute atomic E-state index is 12.7. The van der Waals surface area contributed by atoms with E-state index < -0.39 is 0 Å². The standard InChI is InChI=1S/C21H22N2O4/c1-3-13-27-18-11-10-15(14-19(18)26-2)21(25)22-16-7-4-5-8-17(16)23-12-6-9-20(23)24/h3-5,7-8,10-11,14H,1,6,9,12-13H2,2H3,(H,22,25). The Kier molecular flexibility index (Phi) is 5.76. The number of carbonyl (C=O) groups is 2. The molecular formula is C21H22N2O4. The molecule has 3 rings (SSSR count). The minimum Gasteiger partial charge on any atom is -0.493 e. The Hall–Kier alpha value is -3.28. The number of carbonyl (C=O) groups excluding carboxylic acids is 2. The fourth-order valence-corrected chi connectivity index (χ4v) is 2.99. The van der Waals surface area contributed by atoms with Gasteiger partial charge in [-0.3, -0.25) is 9.59 Å². The van der Waals surface area contributed by atoms with E-state index in [2.05, 4.69) is 11.9 Å². The van der Waals surface area contributed by atoms with Crippen LogP contribution < -0.4 is 19.7 Å². The monoisotopic (exact) mass is 366 g/mol. The number of benzene rings is 2. The molecule has 0 aromatic heterocycles. The Labute approximate surface area is 158 Å². The summed E-state index contributed by atoms with van der Waals surface area (Å²) in [6.45, 7) is 4.62. The molecule has 2 amide bonds. The van der Waals surface area contributed by atoms with E-state index in [1.54, 1.807) is 35.2 Å². The molecule has 0 unspecified atom stereocenters. The number of ether oxygens (including phenoxy) is 2. The Morgan fingerprint density at radius 1 is 1.26 bits per heavy atom. The van der Waals surface area contributed by atoms with Gasteiger partial charge in [-0.25, -0.2) is 0 Å². The molecule has 1 saturated heterocycles. The van der Waals surface area contributed by atoms with Crippen LogP contribution in [0.3, 0.4) is 0 Å². The summed E-state index contributed by atoms with van der Waals surface area (Å²) >= 11 is 0. The molecule has 1 aliphatic rings. The van der Waals surface area contributed by atoms with Crippen LogP contribution in [0.25, 0.3) is 0 Å². The molecule has 0 spiro atoms. The zero-order valence-corrected chi connectivity index (χ0v) is 15.2. The van der Waals surface area contributed by atoms with E-state index >= 15 is 0 Å². The van der Waals surface area contributed by atoms with Gasteiger partial charge in [-0.15, -0.1) is 0 Å². The van der Waals surface area contributed by atoms with Crippen LogP contribution >= 0.6 is 0 Å². The minimum absolute atomic E-state index is 0.0714. The van der Waals surface area contributed by atoms with Crippen molar-refractivity contribution in [2.75, 3.05) is 30.5 Å². The number of para-hydroxylation sites is 2. The topological polar surface area (TPSA) is 67.9 Å². The predicted molar refractivity (Wildman–Crippen MR) is 105 cm³/mol. The first kappa shape index (κ1) is 18.5. The van der Waals surface area contributed by atoms with Crippen molar-refractivity contribution in [2.24, 2.45) is 0 Å².